The van der Waals surface area contributed by atoms with Crippen molar-refractivity contribution in [3.63, 3.8) is 0 Å². The topological polar surface area (TPSA) is 61.8 Å². The SMILES string of the molecule is CC(C)(C)OC(=O)NC1CCCC(N(Cc2ccccc2)Cc2ccccc2)[C@@H]1O. The van der Waals surface area contributed by atoms with Crippen LogP contribution in [0.5, 0.6) is 0 Å². The summed E-state index contributed by atoms with van der Waals surface area (Å²) in [5, 5.41) is 14.1. The molecule has 3 rings (SSSR count). The van der Waals surface area contributed by atoms with E-state index in [-0.39, 0.29) is 12.1 Å². The molecule has 1 saturated carbocycles. The van der Waals surface area contributed by atoms with E-state index in [2.05, 4.69) is 34.5 Å². The Balaban J connectivity index is 1.74. The van der Waals surface area contributed by atoms with Crippen molar-refractivity contribution >= 4 is 6.09 Å². The zero-order valence-electron chi connectivity index (χ0n) is 18.3. The maximum Gasteiger partial charge on any atom is 0.407 e. The van der Waals surface area contributed by atoms with Gasteiger partial charge in [0.15, 0.2) is 0 Å². The molecule has 0 radical (unpaired) electrons. The van der Waals surface area contributed by atoms with Crippen LogP contribution in [0.1, 0.15) is 51.2 Å². The third-order valence-corrected chi connectivity index (χ3v) is 5.45. The molecule has 5 nitrogen and oxygen atoms in total. The fourth-order valence-electron chi connectivity index (χ4n) is 4.10. The Hall–Kier alpha value is -2.37. The van der Waals surface area contributed by atoms with Gasteiger partial charge in [-0.1, -0.05) is 60.7 Å². The molecule has 0 spiro atoms. The molecule has 3 atom stereocenters. The first-order valence-corrected chi connectivity index (χ1v) is 10.8. The van der Waals surface area contributed by atoms with Crippen LogP contribution in [0, 0.1) is 0 Å². The molecule has 1 aliphatic carbocycles. The summed E-state index contributed by atoms with van der Waals surface area (Å²) in [7, 11) is 0. The third-order valence-electron chi connectivity index (χ3n) is 5.45. The first kappa shape index (κ1) is 22.3. The average Bonchev–Trinajstić information content (AvgIpc) is 2.69. The number of carbonyl (C=O) groups is 1. The lowest BCUT2D eigenvalue weighted by atomic mass is 9.86. The molecule has 1 fully saturated rings. The normalized spacial score (nSPS) is 22.0. The summed E-state index contributed by atoms with van der Waals surface area (Å²) in [5.74, 6) is 0. The van der Waals surface area contributed by atoms with Gasteiger partial charge >= 0.3 is 6.09 Å². The number of hydrogen-bond acceptors (Lipinski definition) is 4. The summed E-state index contributed by atoms with van der Waals surface area (Å²) in [4.78, 5) is 14.6. The number of ether oxygens (including phenoxy) is 1. The Bertz CT molecular complexity index is 748. The van der Waals surface area contributed by atoms with Gasteiger partial charge in [-0.2, -0.15) is 0 Å². The minimum absolute atomic E-state index is 0.0425. The zero-order chi connectivity index (χ0) is 21.6. The van der Waals surface area contributed by atoms with Gasteiger partial charge in [0, 0.05) is 19.1 Å². The van der Waals surface area contributed by atoms with Crippen molar-refractivity contribution in [3.8, 4) is 0 Å². The van der Waals surface area contributed by atoms with Crippen LogP contribution >= 0.6 is 0 Å². The van der Waals surface area contributed by atoms with E-state index in [1.807, 2.05) is 57.2 Å². The van der Waals surface area contributed by atoms with E-state index in [0.29, 0.717) is 0 Å². The lowest BCUT2D eigenvalue weighted by Crippen LogP contribution is -2.56. The molecule has 0 bridgehead atoms. The monoisotopic (exact) mass is 410 g/mol. The second kappa shape index (κ2) is 10.1. The molecule has 0 saturated heterocycles. The molecule has 1 aliphatic rings. The largest absolute Gasteiger partial charge is 0.444 e. The van der Waals surface area contributed by atoms with Gasteiger partial charge in [-0.15, -0.1) is 0 Å². The van der Waals surface area contributed by atoms with Crippen molar-refractivity contribution in [1.82, 2.24) is 10.2 Å². The average molecular weight is 411 g/mol. The highest BCUT2D eigenvalue weighted by atomic mass is 16.6. The minimum Gasteiger partial charge on any atom is -0.444 e. The molecular weight excluding hydrogens is 376 g/mol. The Labute approximate surface area is 180 Å². The Morgan fingerprint density at radius 1 is 1.00 bits per heavy atom. The molecule has 2 aromatic carbocycles. The number of nitrogens with zero attached hydrogens (tertiary/aromatic N) is 1. The van der Waals surface area contributed by atoms with E-state index in [0.717, 1.165) is 32.4 Å². The van der Waals surface area contributed by atoms with Crippen LogP contribution < -0.4 is 5.32 Å². The molecule has 162 valence electrons. The van der Waals surface area contributed by atoms with Gasteiger partial charge < -0.3 is 15.2 Å². The summed E-state index contributed by atoms with van der Waals surface area (Å²) < 4.78 is 5.40. The number of alkyl carbamates (subject to hydrolysis) is 1. The van der Waals surface area contributed by atoms with E-state index in [1.54, 1.807) is 0 Å². The van der Waals surface area contributed by atoms with Crippen molar-refractivity contribution in [2.45, 2.75) is 76.9 Å². The second-order valence-corrected chi connectivity index (χ2v) is 9.12. The smallest absolute Gasteiger partial charge is 0.407 e. The lowest BCUT2D eigenvalue weighted by molar-refractivity contribution is -0.0150. The van der Waals surface area contributed by atoms with Gasteiger partial charge in [-0.05, 0) is 51.2 Å². The van der Waals surface area contributed by atoms with Gasteiger partial charge in [-0.25, -0.2) is 4.79 Å². The Kier molecular flexibility index (Phi) is 7.51. The third kappa shape index (κ3) is 6.57. The van der Waals surface area contributed by atoms with E-state index < -0.39 is 17.8 Å². The Morgan fingerprint density at radius 2 is 1.53 bits per heavy atom. The molecule has 1 amide bonds. The molecule has 30 heavy (non-hydrogen) atoms. The first-order valence-electron chi connectivity index (χ1n) is 10.8. The van der Waals surface area contributed by atoms with Crippen molar-refractivity contribution in [2.75, 3.05) is 0 Å². The summed E-state index contributed by atoms with van der Waals surface area (Å²) in [5.41, 5.74) is 1.86. The molecule has 0 aromatic heterocycles. The summed E-state index contributed by atoms with van der Waals surface area (Å²) in [6.07, 6.45) is 1.47. The fraction of sp³-hybridized carbons (Fsp3) is 0.480. The molecule has 2 N–H and O–H groups in total. The fourth-order valence-corrected chi connectivity index (χ4v) is 4.10. The highest BCUT2D eigenvalue weighted by molar-refractivity contribution is 5.68. The molecule has 2 unspecified atom stereocenters. The van der Waals surface area contributed by atoms with E-state index in [4.69, 9.17) is 4.74 Å². The maximum absolute atomic E-state index is 12.3. The van der Waals surface area contributed by atoms with Crippen molar-refractivity contribution in [3.05, 3.63) is 71.8 Å². The van der Waals surface area contributed by atoms with E-state index >= 15 is 0 Å². The maximum atomic E-state index is 12.3. The van der Waals surface area contributed by atoms with Crippen LogP contribution in [0.2, 0.25) is 0 Å². The highest BCUT2D eigenvalue weighted by Crippen LogP contribution is 2.27. The zero-order valence-corrected chi connectivity index (χ0v) is 18.3. The number of aliphatic hydroxyl groups excluding tert-OH is 1. The summed E-state index contributed by atoms with van der Waals surface area (Å²) in [6.45, 7) is 7.02. The number of hydrogen-bond donors (Lipinski definition) is 2. The van der Waals surface area contributed by atoms with Crippen LogP contribution in [-0.4, -0.2) is 39.9 Å². The lowest BCUT2D eigenvalue weighted by Gasteiger charge is -2.42. The van der Waals surface area contributed by atoms with E-state index in [9.17, 15) is 9.90 Å². The molecule has 0 aliphatic heterocycles. The summed E-state index contributed by atoms with van der Waals surface area (Å²) >= 11 is 0. The summed E-state index contributed by atoms with van der Waals surface area (Å²) in [6, 6.07) is 20.3. The van der Waals surface area contributed by atoms with Crippen molar-refractivity contribution in [2.24, 2.45) is 0 Å². The van der Waals surface area contributed by atoms with Gasteiger partial charge in [-0.3, -0.25) is 4.90 Å². The second-order valence-electron chi connectivity index (χ2n) is 9.12. The predicted octanol–water partition coefficient (Wildman–Crippen LogP) is 4.50. The van der Waals surface area contributed by atoms with Gasteiger partial charge in [0.1, 0.15) is 5.60 Å². The molecule has 2 aromatic rings. The Morgan fingerprint density at radius 3 is 2.03 bits per heavy atom. The van der Waals surface area contributed by atoms with Crippen LogP contribution in [0.3, 0.4) is 0 Å². The van der Waals surface area contributed by atoms with Crippen LogP contribution in [0.15, 0.2) is 60.7 Å². The number of nitrogens with one attached hydrogen (secondary N) is 1. The number of amides is 1. The van der Waals surface area contributed by atoms with Gasteiger partial charge in [0.05, 0.1) is 12.1 Å². The number of aliphatic hydroxyl groups is 1. The number of carbonyl (C=O) groups excluding carboxylic acids is 1. The quantitative estimate of drug-likeness (QED) is 0.736. The van der Waals surface area contributed by atoms with Crippen LogP contribution in [0.4, 0.5) is 4.79 Å². The molecular formula is C25H34N2O3. The molecule has 0 heterocycles. The van der Waals surface area contributed by atoms with Crippen LogP contribution in [-0.2, 0) is 17.8 Å². The van der Waals surface area contributed by atoms with E-state index in [1.165, 1.54) is 11.1 Å². The van der Waals surface area contributed by atoms with Crippen LogP contribution in [0.25, 0.3) is 0 Å². The minimum atomic E-state index is -0.654. The standard InChI is InChI=1S/C25H34N2O3/c1-25(2,3)30-24(29)26-21-15-10-16-22(23(21)28)27(17-19-11-6-4-7-12-19)18-20-13-8-5-9-14-20/h4-9,11-14,21-23,28H,10,15-18H2,1-3H3,(H,26,29)/t21?,22?,23-/m1/s1. The number of rotatable bonds is 6. The number of benzene rings is 2. The van der Waals surface area contributed by atoms with Gasteiger partial charge in [0.2, 0.25) is 0 Å². The van der Waals surface area contributed by atoms with Crippen molar-refractivity contribution < 1.29 is 14.6 Å². The highest BCUT2D eigenvalue weighted by Gasteiger charge is 2.37. The first-order chi connectivity index (χ1) is 14.3. The van der Waals surface area contributed by atoms with Gasteiger partial charge in [0.25, 0.3) is 0 Å². The predicted molar refractivity (Wildman–Crippen MR) is 119 cm³/mol. The molecule has 5 heteroatoms. The van der Waals surface area contributed by atoms with Crippen molar-refractivity contribution in [1.29, 1.82) is 0 Å².